The van der Waals surface area contributed by atoms with Crippen molar-refractivity contribution in [3.63, 3.8) is 0 Å². The average molecular weight is 1780 g/mol. The summed E-state index contributed by atoms with van der Waals surface area (Å²) < 4.78 is 5.78. The highest BCUT2D eigenvalue weighted by Crippen LogP contribution is 2.45. The van der Waals surface area contributed by atoms with Gasteiger partial charge in [-0.2, -0.15) is 0 Å². The molecule has 3 saturated heterocycles. The summed E-state index contributed by atoms with van der Waals surface area (Å²) in [4.78, 5) is 198. The minimum Gasteiger partial charge on any atom is -0.480 e. The number of guanidine groups is 3. The highest BCUT2D eigenvalue weighted by Gasteiger charge is 2.53. The number of carbonyl (C=O) groups excluding carboxylic acids is 12. The van der Waals surface area contributed by atoms with Crippen LogP contribution in [0.3, 0.4) is 0 Å². The number of para-hydroxylation sites is 1. The SMILES string of the molecule is N=C(N)NCCC[C@H](NC(=O)[C@@H]1C[C@@H]2CCCC[C@@H]2N1C(=O)C1Cc2ccccc2CN1C(=O)[C@H](CO)NC(=O)[C@H](Cc1cccs1)NC(=O)CNC(=O)[C@@H]1C[C@@H](O)CN1C(=O)[C@@H]1CCCN1C(=O)[C@H](CCCNC(=N)N)NC(=O)[C@@H](CCCNC(=N)N)NC(=O)[C@H](CCNC(=O)OCC1c2ccccc2-c2ccccc21)NC(=O)Cc1c[nH]c2ccccc12)C(=O)O. The van der Waals surface area contributed by atoms with E-state index in [2.05, 4.69) is 63.5 Å². The van der Waals surface area contributed by atoms with E-state index in [1.807, 2.05) is 78.9 Å². The van der Waals surface area contributed by atoms with Crippen molar-refractivity contribution in [2.75, 3.05) is 59.0 Å². The summed E-state index contributed by atoms with van der Waals surface area (Å²) in [6.45, 7) is -2.26. The number of thiophene rings is 1. The van der Waals surface area contributed by atoms with Crippen LogP contribution in [0.2, 0.25) is 0 Å². The van der Waals surface area contributed by atoms with Gasteiger partial charge >= 0.3 is 12.1 Å². The fourth-order valence-corrected chi connectivity index (χ4v) is 19.0. The van der Waals surface area contributed by atoms with Crippen molar-refractivity contribution < 1.29 is 82.4 Å². The van der Waals surface area contributed by atoms with Gasteiger partial charge in [0.05, 0.1) is 25.7 Å². The number of ether oxygens (including phenoxy) is 1. The number of carboxylic acid groups (broad SMARTS) is 1. The summed E-state index contributed by atoms with van der Waals surface area (Å²) in [6.07, 6.45) is 2.31. The maximum Gasteiger partial charge on any atom is 0.407 e. The lowest BCUT2D eigenvalue weighted by Gasteiger charge is -2.42. The Hall–Kier alpha value is -13.2. The Morgan fingerprint density at radius 2 is 1.13 bits per heavy atom. The Morgan fingerprint density at radius 1 is 0.539 bits per heavy atom. The monoisotopic (exact) mass is 1780 g/mol. The zero-order valence-electron chi connectivity index (χ0n) is 70.9. The molecule has 6 aliphatic rings. The van der Waals surface area contributed by atoms with Gasteiger partial charge in [-0.05, 0) is 139 Å². The Kier molecular flexibility index (Phi) is 32.5. The van der Waals surface area contributed by atoms with Gasteiger partial charge in [0, 0.05) is 99.0 Å². The lowest BCUT2D eigenvalue weighted by molar-refractivity contribution is -0.153. The number of aromatic nitrogens is 1. The molecule has 0 spiro atoms. The van der Waals surface area contributed by atoms with Crippen LogP contribution in [0.25, 0.3) is 22.0 Å². The summed E-state index contributed by atoms with van der Waals surface area (Å²) >= 11 is 1.25. The topological polar surface area (TPSA) is 603 Å². The van der Waals surface area contributed by atoms with Gasteiger partial charge in [0.2, 0.25) is 65.0 Å². The third-order valence-electron chi connectivity index (χ3n) is 24.5. The van der Waals surface area contributed by atoms with Crippen LogP contribution in [0.1, 0.15) is 135 Å². The van der Waals surface area contributed by atoms with E-state index in [1.165, 1.54) is 26.0 Å². The van der Waals surface area contributed by atoms with E-state index in [1.54, 1.807) is 41.9 Å². The fraction of sp³-hybridized carbons (Fsp3) is 0.477. The number of fused-ring (bicyclic) bond motifs is 6. The summed E-state index contributed by atoms with van der Waals surface area (Å²) in [7, 11) is 0. The van der Waals surface area contributed by atoms with Crippen molar-refractivity contribution in [2.24, 2.45) is 23.1 Å². The van der Waals surface area contributed by atoms with Crippen LogP contribution in [0.15, 0.2) is 121 Å². The number of alkyl carbamates (subject to hydrolysis) is 1. The lowest BCUT2D eigenvalue weighted by Crippen LogP contribution is -2.63. The number of aromatic amines is 1. The summed E-state index contributed by atoms with van der Waals surface area (Å²) in [5.41, 5.74) is 23.5. The third kappa shape index (κ3) is 23.9. The van der Waals surface area contributed by atoms with Crippen molar-refractivity contribution in [1.82, 2.24) is 83.1 Å². The maximum absolute atomic E-state index is 15.5. The standard InChI is InChI=1S/C88H114N22O17S/c89-85(90)95-32-11-26-62(103-76(116)63(101-73(113)40-52-43-99-61-25-9-8-20-55(52)61)31-35-98-88(126)127-48-60-58-23-6-4-21-56(58)57-22-5-7-24-59(57)60)75(115)104-64(27-12-33-96-86(91)92)80(120)107-36-14-30-69(107)82(122)109-46-53(112)41-70(109)78(118)100-44-74(114)102-66(42-54-19-15-37-128-54)77(117)106-67(47-111)81(121)108-45-51-18-2-1-16-49(51)38-72(108)83(123)110-68-29-10-3-17-50(68)39-71(110)79(119)105-65(84(124)125)28-13-34-97-87(93)94/h1-2,4-9,15-16,18-25,37,43,50,53,60,62-72,99,111-112H,3,10-14,17,26-36,38-42,44-48H2,(H,98,126)(H,100,118)(H,101,113)(H,102,114)(H,103,116)(H,104,115)(H,105,119)(H,106,117)(H,124,125)(H4,89,90,95)(H4,91,92,96)(H4,93,94,97)/t50-,53+,62+,63-,64-,65-,66-,67-,68-,69-,70-,71-,72?/m0/s1. The van der Waals surface area contributed by atoms with Crippen LogP contribution >= 0.6 is 11.3 Å². The number of carbonyl (C=O) groups is 13. The molecule has 2 aromatic heterocycles. The normalized spacial score (nSPS) is 19.9. The zero-order chi connectivity index (χ0) is 91.2. The fourth-order valence-electron chi connectivity index (χ4n) is 18.3. The van der Waals surface area contributed by atoms with Gasteiger partial charge < -0.3 is 120 Å². The molecule has 4 aliphatic heterocycles. The highest BCUT2D eigenvalue weighted by molar-refractivity contribution is 7.09. The zero-order valence-corrected chi connectivity index (χ0v) is 71.7. The summed E-state index contributed by atoms with van der Waals surface area (Å²) in [5, 5.41) is 87.4. The van der Waals surface area contributed by atoms with Gasteiger partial charge in [0.1, 0.15) is 67.0 Å². The van der Waals surface area contributed by atoms with Gasteiger partial charge in [0.15, 0.2) is 17.9 Å². The number of β-amino-alcohol motifs (C(OH)–C–C–N with tert-alkyl or cyclic N) is 1. The van der Waals surface area contributed by atoms with Gasteiger partial charge in [-0.1, -0.05) is 110 Å². The molecule has 4 fully saturated rings. The molecule has 12 rings (SSSR count). The van der Waals surface area contributed by atoms with E-state index >= 15 is 24.0 Å². The second kappa shape index (κ2) is 44.3. The number of aliphatic carboxylic acids is 1. The van der Waals surface area contributed by atoms with E-state index < -0.39 is 163 Å². The number of rotatable bonds is 40. The van der Waals surface area contributed by atoms with Gasteiger partial charge in [-0.3, -0.25) is 69.0 Å². The molecule has 24 N–H and O–H groups in total. The van der Waals surface area contributed by atoms with Crippen molar-refractivity contribution in [3.05, 3.63) is 153 Å². The molecule has 2 aliphatic carbocycles. The van der Waals surface area contributed by atoms with Crippen LogP contribution < -0.4 is 75.7 Å². The number of carboxylic acids is 1. The first kappa shape index (κ1) is 93.9. The molecule has 6 aromatic rings. The van der Waals surface area contributed by atoms with E-state index in [0.29, 0.717) is 28.8 Å². The van der Waals surface area contributed by atoms with Crippen LogP contribution in [-0.2, 0) is 88.1 Å². The number of likely N-dealkylation sites (tertiary alicyclic amines) is 3. The van der Waals surface area contributed by atoms with Gasteiger partial charge in [-0.15, -0.1) is 11.3 Å². The average Bonchev–Trinajstić information content (AvgIpc) is 1.64. The number of nitrogens with two attached hydrogens (primary N) is 3. The van der Waals surface area contributed by atoms with Crippen molar-refractivity contribution in [3.8, 4) is 11.1 Å². The molecule has 4 aromatic carbocycles. The molecule has 0 bridgehead atoms. The number of H-pyrrole nitrogens is 1. The Labute approximate surface area is 742 Å². The number of nitrogens with zero attached hydrogens (tertiary/aromatic N) is 4. The molecule has 0 radical (unpaired) electrons. The molecular weight excluding hydrogens is 1670 g/mol. The Bertz CT molecular complexity index is 5030. The van der Waals surface area contributed by atoms with Crippen LogP contribution in [0, 0.1) is 22.1 Å². The molecule has 6 heterocycles. The number of aliphatic hydroxyl groups excluding tert-OH is 2. The van der Waals surface area contributed by atoms with Crippen LogP contribution in [0.5, 0.6) is 0 Å². The van der Waals surface area contributed by atoms with Gasteiger partial charge in [0.25, 0.3) is 0 Å². The molecule has 13 atom stereocenters. The summed E-state index contributed by atoms with van der Waals surface area (Å²) in [5.74, 6) is -11.4. The number of hydrogen-bond donors (Lipinski definition) is 21. The lowest BCUT2D eigenvalue weighted by atomic mass is 9.84. The van der Waals surface area contributed by atoms with Crippen molar-refractivity contribution in [1.29, 1.82) is 16.2 Å². The molecule has 12 amide bonds. The third-order valence-corrected chi connectivity index (χ3v) is 25.4. The molecule has 1 saturated carbocycles. The number of nitrogens with one attached hydrogen (secondary N) is 15. The maximum atomic E-state index is 15.5. The summed E-state index contributed by atoms with van der Waals surface area (Å²) in [6, 6.07) is 19.2. The van der Waals surface area contributed by atoms with Gasteiger partial charge in [-0.25, -0.2) is 9.59 Å². The minimum atomic E-state index is -1.72. The smallest absolute Gasteiger partial charge is 0.407 e. The quantitative estimate of drug-likeness (QED) is 0.0136. The first-order chi connectivity index (χ1) is 61.6. The predicted octanol–water partition coefficient (Wildman–Crippen LogP) is -0.0989. The minimum absolute atomic E-state index is 0.00816. The molecule has 40 heteroatoms. The Balaban J connectivity index is 0.700. The number of benzene rings is 4. The largest absolute Gasteiger partial charge is 0.480 e. The van der Waals surface area contributed by atoms with E-state index in [0.717, 1.165) is 56.5 Å². The number of amides is 12. The van der Waals surface area contributed by atoms with E-state index in [9.17, 15) is 53.7 Å². The molecule has 39 nitrogen and oxygen atoms in total. The molecule has 684 valence electrons. The van der Waals surface area contributed by atoms with Crippen molar-refractivity contribution >= 4 is 117 Å². The van der Waals surface area contributed by atoms with E-state index in [-0.39, 0.29) is 172 Å². The molecule has 1 unspecified atom stereocenters. The molecule has 128 heavy (non-hydrogen) atoms. The van der Waals surface area contributed by atoms with E-state index in [4.69, 9.17) is 38.2 Å². The second-order valence-electron chi connectivity index (χ2n) is 33.2. The number of aliphatic hydroxyl groups is 2. The Morgan fingerprint density at radius 3 is 1.80 bits per heavy atom. The second-order valence-corrected chi connectivity index (χ2v) is 34.2. The number of hydrogen-bond acceptors (Lipinski definition) is 20. The van der Waals surface area contributed by atoms with Crippen LogP contribution in [0.4, 0.5) is 4.79 Å². The van der Waals surface area contributed by atoms with Crippen LogP contribution in [-0.4, -0.2) is 266 Å². The first-order valence-corrected chi connectivity index (χ1v) is 44.3. The highest BCUT2D eigenvalue weighted by atomic mass is 32.1. The predicted molar refractivity (Wildman–Crippen MR) is 471 cm³/mol. The first-order valence-electron chi connectivity index (χ1n) is 43.4. The molecular formula is C88H114N22O17S. The van der Waals surface area contributed by atoms with Crippen molar-refractivity contribution in [2.45, 2.75) is 201 Å².